The van der Waals surface area contributed by atoms with Gasteiger partial charge in [-0.3, -0.25) is 4.79 Å². The summed E-state index contributed by atoms with van der Waals surface area (Å²) in [4.78, 5) is 12.5. The van der Waals surface area contributed by atoms with Gasteiger partial charge in [-0.15, -0.1) is 11.3 Å². The van der Waals surface area contributed by atoms with E-state index in [4.69, 9.17) is 16.3 Å². The van der Waals surface area contributed by atoms with Gasteiger partial charge in [0.2, 0.25) is 5.91 Å². The molecule has 1 heterocycles. The maximum absolute atomic E-state index is 12.5. The molecule has 3 aromatic rings. The van der Waals surface area contributed by atoms with Crippen LogP contribution in [-0.2, 0) is 14.8 Å². The molecule has 0 fully saturated rings. The van der Waals surface area contributed by atoms with Crippen molar-refractivity contribution in [2.24, 2.45) is 0 Å². The number of likely N-dealkylation sites (N-methyl/N-ethyl adjacent to an activating group) is 1. The van der Waals surface area contributed by atoms with Crippen LogP contribution in [0.2, 0.25) is 4.34 Å². The summed E-state index contributed by atoms with van der Waals surface area (Å²) >= 11 is 6.76. The molecule has 0 aliphatic carbocycles. The van der Waals surface area contributed by atoms with Crippen molar-refractivity contribution in [3.05, 3.63) is 70.6 Å². The number of halogens is 1. The molecule has 0 aliphatic rings. The number of rotatable bonds is 7. The minimum absolute atomic E-state index is 0.0842. The normalized spacial score (nSPS) is 11.4. The van der Waals surface area contributed by atoms with Crippen molar-refractivity contribution in [2.45, 2.75) is 11.1 Å². The van der Waals surface area contributed by atoms with Crippen molar-refractivity contribution in [3.63, 3.8) is 0 Å². The first-order valence-electron chi connectivity index (χ1n) is 8.61. The van der Waals surface area contributed by atoms with E-state index in [1.165, 1.54) is 19.2 Å². The van der Waals surface area contributed by atoms with E-state index in [0.29, 0.717) is 21.5 Å². The third-order valence-corrected chi connectivity index (χ3v) is 7.49. The summed E-state index contributed by atoms with van der Waals surface area (Å²) in [5, 5.41) is 2.71. The lowest BCUT2D eigenvalue weighted by Gasteiger charge is -2.17. The molecule has 3 rings (SSSR count). The van der Waals surface area contributed by atoms with E-state index in [1.54, 1.807) is 24.3 Å². The van der Waals surface area contributed by atoms with Crippen molar-refractivity contribution in [3.8, 4) is 11.5 Å². The smallest absolute Gasteiger partial charge is 0.252 e. The van der Waals surface area contributed by atoms with Gasteiger partial charge in [0.25, 0.3) is 10.0 Å². The number of nitrogens with zero attached hydrogens (tertiary/aromatic N) is 1. The van der Waals surface area contributed by atoms with Crippen LogP contribution < -0.4 is 10.1 Å². The molecule has 1 N–H and O–H groups in total. The van der Waals surface area contributed by atoms with Crippen molar-refractivity contribution in [2.75, 3.05) is 18.9 Å². The molecule has 0 aliphatic heterocycles. The molecule has 0 saturated carbocycles. The second-order valence-electron chi connectivity index (χ2n) is 6.28. The summed E-state index contributed by atoms with van der Waals surface area (Å²) < 4.78 is 32.4. The third kappa shape index (κ3) is 5.36. The number of anilines is 1. The maximum atomic E-state index is 12.5. The summed E-state index contributed by atoms with van der Waals surface area (Å²) in [7, 11) is -2.45. The van der Waals surface area contributed by atoms with Crippen LogP contribution in [0.25, 0.3) is 0 Å². The lowest BCUT2D eigenvalue weighted by Crippen LogP contribution is -2.34. The van der Waals surface area contributed by atoms with Crippen LogP contribution in [-0.4, -0.2) is 32.2 Å². The first kappa shape index (κ1) is 21.3. The van der Waals surface area contributed by atoms with E-state index in [0.717, 1.165) is 21.2 Å². The Labute approximate surface area is 178 Å². The Balaban J connectivity index is 1.70. The molecule has 0 unspecified atom stereocenters. The zero-order valence-corrected chi connectivity index (χ0v) is 18.1. The van der Waals surface area contributed by atoms with Gasteiger partial charge in [-0.1, -0.05) is 41.4 Å². The van der Waals surface area contributed by atoms with Crippen LogP contribution >= 0.6 is 22.9 Å². The fraction of sp³-hybridized carbons (Fsp3) is 0.150. The number of ether oxygens (including phenoxy) is 1. The Morgan fingerprint density at radius 1 is 1.10 bits per heavy atom. The third-order valence-electron chi connectivity index (χ3n) is 3.99. The Morgan fingerprint density at radius 3 is 2.45 bits per heavy atom. The van der Waals surface area contributed by atoms with E-state index in [1.807, 2.05) is 31.2 Å². The topological polar surface area (TPSA) is 75.7 Å². The zero-order chi connectivity index (χ0) is 21.0. The highest BCUT2D eigenvalue weighted by Crippen LogP contribution is 2.30. The summed E-state index contributed by atoms with van der Waals surface area (Å²) in [6.45, 7) is 1.63. The fourth-order valence-electron chi connectivity index (χ4n) is 2.46. The number of hydrogen-bond donors (Lipinski definition) is 1. The summed E-state index contributed by atoms with van der Waals surface area (Å²) in [6.07, 6.45) is 0. The van der Waals surface area contributed by atoms with Gasteiger partial charge in [-0.25, -0.2) is 8.42 Å². The monoisotopic (exact) mass is 450 g/mol. The van der Waals surface area contributed by atoms with Crippen LogP contribution in [0, 0.1) is 6.92 Å². The van der Waals surface area contributed by atoms with Crippen LogP contribution in [0.3, 0.4) is 0 Å². The first-order chi connectivity index (χ1) is 13.8. The SMILES string of the molecule is Cc1ccc(Oc2ccccc2NC(=O)CN(C)S(=O)(=O)c2ccc(Cl)s2)cc1. The summed E-state index contributed by atoms with van der Waals surface area (Å²) in [5.41, 5.74) is 1.55. The standard InChI is InChI=1S/C20H19ClN2O4S2/c1-14-7-9-15(10-8-14)27-17-6-4-3-5-16(17)22-19(24)13-23(2)29(25,26)20-12-11-18(21)28-20/h3-12H,13H2,1-2H3,(H,22,24). The Morgan fingerprint density at radius 2 is 1.79 bits per heavy atom. The Hall–Kier alpha value is -2.39. The number of amides is 1. The summed E-state index contributed by atoms with van der Waals surface area (Å²) in [5.74, 6) is 0.602. The Kier molecular flexibility index (Phi) is 6.59. The molecule has 1 amide bonds. The number of benzene rings is 2. The molecule has 0 bridgehead atoms. The van der Waals surface area contributed by atoms with Gasteiger partial charge in [0.05, 0.1) is 16.6 Å². The van der Waals surface area contributed by atoms with Gasteiger partial charge in [0, 0.05) is 7.05 Å². The number of hydrogen-bond acceptors (Lipinski definition) is 5. The van der Waals surface area contributed by atoms with Gasteiger partial charge >= 0.3 is 0 Å². The molecule has 0 radical (unpaired) electrons. The minimum atomic E-state index is -3.79. The van der Waals surface area contributed by atoms with E-state index in [9.17, 15) is 13.2 Å². The molecular formula is C20H19ClN2O4S2. The molecule has 0 saturated heterocycles. The Bertz CT molecular complexity index is 1110. The predicted octanol–water partition coefficient (Wildman–Crippen LogP) is 4.76. The molecule has 1 aromatic heterocycles. The van der Waals surface area contributed by atoms with Gasteiger partial charge in [-0.05, 0) is 43.3 Å². The van der Waals surface area contributed by atoms with E-state index in [2.05, 4.69) is 5.32 Å². The lowest BCUT2D eigenvalue weighted by molar-refractivity contribution is -0.116. The molecule has 2 aromatic carbocycles. The molecule has 6 nitrogen and oxygen atoms in total. The lowest BCUT2D eigenvalue weighted by atomic mass is 10.2. The number of carbonyl (C=O) groups is 1. The van der Waals surface area contributed by atoms with Crippen LogP contribution in [0.4, 0.5) is 5.69 Å². The maximum Gasteiger partial charge on any atom is 0.252 e. The van der Waals surface area contributed by atoms with Crippen molar-refractivity contribution < 1.29 is 17.9 Å². The highest BCUT2D eigenvalue weighted by atomic mass is 35.5. The summed E-state index contributed by atoms with van der Waals surface area (Å²) in [6, 6.07) is 17.4. The average molecular weight is 451 g/mol. The van der Waals surface area contributed by atoms with Crippen LogP contribution in [0.5, 0.6) is 11.5 Å². The quantitative estimate of drug-likeness (QED) is 0.563. The minimum Gasteiger partial charge on any atom is -0.455 e. The van der Waals surface area contributed by atoms with Crippen molar-refractivity contribution in [1.82, 2.24) is 4.31 Å². The number of para-hydroxylation sites is 2. The van der Waals surface area contributed by atoms with E-state index < -0.39 is 15.9 Å². The fourth-order valence-corrected chi connectivity index (χ4v) is 5.28. The zero-order valence-electron chi connectivity index (χ0n) is 15.8. The molecule has 0 atom stereocenters. The van der Waals surface area contributed by atoms with Gasteiger partial charge in [0.1, 0.15) is 9.96 Å². The predicted molar refractivity (Wildman–Crippen MR) is 115 cm³/mol. The number of aryl methyl sites for hydroxylation is 1. The first-order valence-corrected chi connectivity index (χ1v) is 11.2. The van der Waals surface area contributed by atoms with Gasteiger partial charge in [0.15, 0.2) is 5.75 Å². The largest absolute Gasteiger partial charge is 0.455 e. The molecular weight excluding hydrogens is 432 g/mol. The highest BCUT2D eigenvalue weighted by Gasteiger charge is 2.25. The number of thiophene rings is 1. The molecule has 0 spiro atoms. The van der Waals surface area contributed by atoms with Gasteiger partial charge < -0.3 is 10.1 Å². The number of carbonyl (C=O) groups excluding carboxylic acids is 1. The van der Waals surface area contributed by atoms with E-state index in [-0.39, 0.29) is 10.8 Å². The highest BCUT2D eigenvalue weighted by molar-refractivity contribution is 7.91. The van der Waals surface area contributed by atoms with Crippen molar-refractivity contribution in [1.29, 1.82) is 0 Å². The van der Waals surface area contributed by atoms with Crippen molar-refractivity contribution >= 4 is 44.6 Å². The van der Waals surface area contributed by atoms with Crippen LogP contribution in [0.15, 0.2) is 64.9 Å². The van der Waals surface area contributed by atoms with Gasteiger partial charge in [-0.2, -0.15) is 4.31 Å². The number of sulfonamides is 1. The number of nitrogens with one attached hydrogen (secondary N) is 1. The second kappa shape index (κ2) is 8.96. The van der Waals surface area contributed by atoms with Crippen LogP contribution in [0.1, 0.15) is 5.56 Å². The molecule has 29 heavy (non-hydrogen) atoms. The second-order valence-corrected chi connectivity index (χ2v) is 10.3. The molecule has 152 valence electrons. The molecule has 9 heteroatoms. The van der Waals surface area contributed by atoms with E-state index >= 15 is 0 Å². The average Bonchev–Trinajstić information content (AvgIpc) is 3.12.